The third kappa shape index (κ3) is 3.99. The van der Waals surface area contributed by atoms with Gasteiger partial charge in [0.1, 0.15) is 5.82 Å². The molecule has 0 radical (unpaired) electrons. The van der Waals surface area contributed by atoms with Crippen LogP contribution in [-0.4, -0.2) is 41.2 Å². The van der Waals surface area contributed by atoms with Gasteiger partial charge in [-0.1, -0.05) is 18.2 Å². The van der Waals surface area contributed by atoms with Crippen LogP contribution < -0.4 is 15.8 Å². The first-order valence-corrected chi connectivity index (χ1v) is 9.94. The highest BCUT2D eigenvalue weighted by Crippen LogP contribution is 2.34. The monoisotopic (exact) mass is 391 g/mol. The lowest BCUT2D eigenvalue weighted by molar-refractivity contribution is 0.0925. The Morgan fingerprint density at radius 3 is 2.45 bits per heavy atom. The van der Waals surface area contributed by atoms with Crippen molar-refractivity contribution in [2.75, 3.05) is 19.0 Å². The van der Waals surface area contributed by atoms with Gasteiger partial charge < -0.3 is 10.2 Å². The lowest BCUT2D eigenvalue weighted by Gasteiger charge is -2.29. The highest BCUT2D eigenvalue weighted by Gasteiger charge is 2.26. The summed E-state index contributed by atoms with van der Waals surface area (Å²) in [6.45, 7) is 0. The van der Waals surface area contributed by atoms with E-state index in [0.717, 1.165) is 42.6 Å². The van der Waals surface area contributed by atoms with E-state index in [2.05, 4.69) is 20.5 Å². The van der Waals surface area contributed by atoms with Crippen molar-refractivity contribution >= 4 is 22.5 Å². The summed E-state index contributed by atoms with van der Waals surface area (Å²) < 4.78 is 0. The largest absolute Gasteiger partial charge is 0.363 e. The second kappa shape index (κ2) is 8.03. The molecule has 0 unspecified atom stereocenters. The minimum atomic E-state index is -0.154. The van der Waals surface area contributed by atoms with E-state index in [-0.39, 0.29) is 23.4 Å². The summed E-state index contributed by atoms with van der Waals surface area (Å²) in [4.78, 5) is 30.8. The number of pyridine rings is 1. The molecule has 1 aliphatic carbocycles. The molecule has 1 aliphatic rings. The zero-order valence-electron chi connectivity index (χ0n) is 16.7. The lowest BCUT2D eigenvalue weighted by atomic mass is 9.82. The van der Waals surface area contributed by atoms with Gasteiger partial charge in [-0.3, -0.25) is 9.59 Å². The molecule has 1 amide bonds. The molecule has 1 fully saturated rings. The van der Waals surface area contributed by atoms with Crippen LogP contribution in [0.25, 0.3) is 10.8 Å². The number of amides is 1. The molecule has 1 saturated carbocycles. The molecule has 0 aliphatic heterocycles. The summed E-state index contributed by atoms with van der Waals surface area (Å²) in [6, 6.07) is 11.4. The molecule has 0 spiro atoms. The summed E-state index contributed by atoms with van der Waals surface area (Å²) in [5.74, 6) is 1.02. The molecular weight excluding hydrogens is 366 g/mol. The van der Waals surface area contributed by atoms with Crippen molar-refractivity contribution in [3.63, 3.8) is 0 Å². The number of carbonyl (C=O) groups excluding carboxylic acids is 1. The highest BCUT2D eigenvalue weighted by molar-refractivity contribution is 5.94. The normalized spacial score (nSPS) is 19.1. The Balaban J connectivity index is 1.40. The lowest BCUT2D eigenvalue weighted by Crippen LogP contribution is -2.37. The minimum absolute atomic E-state index is 0.0844. The number of anilines is 1. The molecule has 150 valence electrons. The van der Waals surface area contributed by atoms with Crippen molar-refractivity contribution in [2.45, 2.75) is 37.6 Å². The second-order valence-corrected chi connectivity index (χ2v) is 7.81. The quantitative estimate of drug-likeness (QED) is 0.714. The Bertz CT molecular complexity index is 1070. The van der Waals surface area contributed by atoms with Gasteiger partial charge in [0, 0.05) is 37.6 Å². The SMILES string of the molecule is CN(C)c1ccc(C(=O)N[C@H]2CC[C@H](c3n[nH]c(=O)c4ccccc43)CC2)cn1. The molecule has 0 bridgehead atoms. The number of rotatable bonds is 4. The molecule has 2 heterocycles. The number of hydrogen-bond donors (Lipinski definition) is 2. The molecular formula is C22H25N5O2. The van der Waals surface area contributed by atoms with E-state index in [4.69, 9.17) is 0 Å². The first-order chi connectivity index (χ1) is 14.0. The van der Waals surface area contributed by atoms with Gasteiger partial charge in [-0.05, 0) is 43.9 Å². The number of fused-ring (bicyclic) bond motifs is 1. The van der Waals surface area contributed by atoms with Crippen LogP contribution in [-0.2, 0) is 0 Å². The van der Waals surface area contributed by atoms with Gasteiger partial charge in [0.2, 0.25) is 0 Å². The van der Waals surface area contributed by atoms with E-state index < -0.39 is 0 Å². The van der Waals surface area contributed by atoms with Gasteiger partial charge >= 0.3 is 0 Å². The van der Waals surface area contributed by atoms with Gasteiger partial charge in [-0.2, -0.15) is 5.10 Å². The van der Waals surface area contributed by atoms with Crippen molar-refractivity contribution in [1.29, 1.82) is 0 Å². The van der Waals surface area contributed by atoms with Gasteiger partial charge in [-0.25, -0.2) is 10.1 Å². The first kappa shape index (κ1) is 19.1. The van der Waals surface area contributed by atoms with Crippen molar-refractivity contribution in [3.8, 4) is 0 Å². The third-order valence-corrected chi connectivity index (χ3v) is 5.64. The molecule has 0 atom stereocenters. The van der Waals surface area contributed by atoms with E-state index >= 15 is 0 Å². The standard InChI is InChI=1S/C22H25N5O2/c1-27(2)19-12-9-15(13-23-19)21(28)24-16-10-7-14(8-11-16)20-17-5-3-4-6-18(17)22(29)26-25-20/h3-6,9,12-14,16H,7-8,10-11H2,1-2H3,(H,24,28)(H,26,29)/t14-,16-. The van der Waals surface area contributed by atoms with E-state index in [1.807, 2.05) is 49.3 Å². The summed E-state index contributed by atoms with van der Waals surface area (Å²) in [5.41, 5.74) is 1.37. The number of nitrogens with zero attached hydrogens (tertiary/aromatic N) is 3. The van der Waals surface area contributed by atoms with E-state index in [9.17, 15) is 9.59 Å². The van der Waals surface area contributed by atoms with Crippen molar-refractivity contribution in [2.24, 2.45) is 0 Å². The number of aromatic amines is 1. The minimum Gasteiger partial charge on any atom is -0.363 e. The smallest absolute Gasteiger partial charge is 0.272 e. The Labute approximate surface area is 169 Å². The van der Waals surface area contributed by atoms with Crippen molar-refractivity contribution in [3.05, 3.63) is 64.2 Å². The predicted molar refractivity (Wildman–Crippen MR) is 113 cm³/mol. The Morgan fingerprint density at radius 1 is 1.07 bits per heavy atom. The number of aromatic nitrogens is 3. The van der Waals surface area contributed by atoms with Crippen LogP contribution in [0, 0.1) is 0 Å². The summed E-state index contributed by atoms with van der Waals surface area (Å²) in [7, 11) is 3.84. The summed E-state index contributed by atoms with van der Waals surface area (Å²) in [5, 5.41) is 11.7. The van der Waals surface area contributed by atoms with Crippen LogP contribution in [0.4, 0.5) is 5.82 Å². The fraction of sp³-hybridized carbons (Fsp3) is 0.364. The number of H-pyrrole nitrogens is 1. The number of nitrogens with one attached hydrogen (secondary N) is 2. The maximum atomic E-state index is 12.5. The zero-order valence-corrected chi connectivity index (χ0v) is 16.7. The number of benzene rings is 1. The molecule has 7 nitrogen and oxygen atoms in total. The molecule has 4 rings (SSSR count). The van der Waals surface area contributed by atoms with Crippen LogP contribution >= 0.6 is 0 Å². The predicted octanol–water partition coefficient (Wildman–Crippen LogP) is 2.84. The molecule has 0 saturated heterocycles. The Kier molecular flexibility index (Phi) is 5.29. The first-order valence-electron chi connectivity index (χ1n) is 9.94. The fourth-order valence-corrected chi connectivity index (χ4v) is 4.01. The van der Waals surface area contributed by atoms with E-state index in [0.29, 0.717) is 10.9 Å². The van der Waals surface area contributed by atoms with Crippen LogP contribution in [0.3, 0.4) is 0 Å². The van der Waals surface area contributed by atoms with Crippen LogP contribution in [0.15, 0.2) is 47.4 Å². The second-order valence-electron chi connectivity index (χ2n) is 7.81. The molecule has 2 N–H and O–H groups in total. The third-order valence-electron chi connectivity index (χ3n) is 5.64. The van der Waals surface area contributed by atoms with Crippen LogP contribution in [0.2, 0.25) is 0 Å². The maximum Gasteiger partial charge on any atom is 0.272 e. The molecule has 3 aromatic rings. The number of carbonyl (C=O) groups is 1. The zero-order chi connectivity index (χ0) is 20.4. The molecule has 2 aromatic heterocycles. The van der Waals surface area contributed by atoms with Gasteiger partial charge in [0.05, 0.1) is 16.6 Å². The molecule has 1 aromatic carbocycles. The summed E-state index contributed by atoms with van der Waals surface area (Å²) >= 11 is 0. The number of hydrogen-bond acceptors (Lipinski definition) is 5. The summed E-state index contributed by atoms with van der Waals surface area (Å²) in [6.07, 6.45) is 5.23. The molecule has 7 heteroatoms. The average molecular weight is 391 g/mol. The van der Waals surface area contributed by atoms with Crippen molar-refractivity contribution < 1.29 is 4.79 Å². The van der Waals surface area contributed by atoms with Gasteiger partial charge in [-0.15, -0.1) is 0 Å². The van der Waals surface area contributed by atoms with E-state index in [1.165, 1.54) is 0 Å². The van der Waals surface area contributed by atoms with Crippen LogP contribution in [0.1, 0.15) is 47.7 Å². The molecule has 29 heavy (non-hydrogen) atoms. The highest BCUT2D eigenvalue weighted by atomic mass is 16.1. The average Bonchev–Trinajstić information content (AvgIpc) is 2.75. The van der Waals surface area contributed by atoms with E-state index in [1.54, 1.807) is 12.3 Å². The van der Waals surface area contributed by atoms with Gasteiger partial charge in [0.25, 0.3) is 11.5 Å². The topological polar surface area (TPSA) is 91.0 Å². The fourth-order valence-electron chi connectivity index (χ4n) is 4.01. The Morgan fingerprint density at radius 2 is 1.79 bits per heavy atom. The van der Waals surface area contributed by atoms with Crippen molar-refractivity contribution in [1.82, 2.24) is 20.5 Å². The Hall–Kier alpha value is -3.22. The van der Waals surface area contributed by atoms with Gasteiger partial charge in [0.15, 0.2) is 0 Å². The van der Waals surface area contributed by atoms with Crippen LogP contribution in [0.5, 0.6) is 0 Å². The maximum absolute atomic E-state index is 12.5.